The molecule has 2 heterocycles. The Morgan fingerprint density at radius 2 is 1.73 bits per heavy atom. The summed E-state index contributed by atoms with van der Waals surface area (Å²) < 4.78 is 26.9. The van der Waals surface area contributed by atoms with Gasteiger partial charge in [0.15, 0.2) is 0 Å². The molecular weight excluding hydrogens is 374 g/mol. The summed E-state index contributed by atoms with van der Waals surface area (Å²) >= 11 is 1.13. The lowest BCUT2D eigenvalue weighted by molar-refractivity contribution is -0.138. The zero-order valence-corrected chi connectivity index (χ0v) is 17.2. The van der Waals surface area contributed by atoms with E-state index in [9.17, 15) is 18.0 Å². The fourth-order valence-electron chi connectivity index (χ4n) is 2.90. The Morgan fingerprint density at radius 3 is 2.31 bits per heavy atom. The van der Waals surface area contributed by atoms with E-state index in [1.165, 1.54) is 9.21 Å². The number of carbonyl (C=O) groups excluding carboxylic acids is 2. The summed E-state index contributed by atoms with van der Waals surface area (Å²) in [7, 11) is -1.85. The maximum Gasteiger partial charge on any atom is 0.252 e. The van der Waals surface area contributed by atoms with Gasteiger partial charge < -0.3 is 9.80 Å². The van der Waals surface area contributed by atoms with Crippen LogP contribution in [-0.4, -0.2) is 74.1 Å². The van der Waals surface area contributed by atoms with Crippen molar-refractivity contribution >= 4 is 33.2 Å². The van der Waals surface area contributed by atoms with Crippen LogP contribution in [0.4, 0.5) is 0 Å². The van der Waals surface area contributed by atoms with Gasteiger partial charge in [-0.2, -0.15) is 4.31 Å². The Kier molecular flexibility index (Phi) is 7.19. The van der Waals surface area contributed by atoms with Crippen molar-refractivity contribution in [3.63, 3.8) is 0 Å². The third-order valence-corrected chi connectivity index (χ3v) is 7.99. The Labute approximate surface area is 159 Å². The number of rotatable bonds is 8. The van der Waals surface area contributed by atoms with E-state index in [2.05, 4.69) is 0 Å². The van der Waals surface area contributed by atoms with Crippen molar-refractivity contribution in [2.24, 2.45) is 0 Å². The summed E-state index contributed by atoms with van der Waals surface area (Å²) in [6, 6.07) is 3.26. The van der Waals surface area contributed by atoms with Gasteiger partial charge in [0.1, 0.15) is 4.21 Å². The highest BCUT2D eigenvalue weighted by molar-refractivity contribution is 7.91. The first kappa shape index (κ1) is 20.9. The van der Waals surface area contributed by atoms with Crippen LogP contribution in [0.25, 0.3) is 0 Å². The monoisotopic (exact) mass is 401 g/mol. The van der Waals surface area contributed by atoms with Gasteiger partial charge in [-0.3, -0.25) is 9.59 Å². The van der Waals surface area contributed by atoms with Crippen molar-refractivity contribution in [2.75, 3.05) is 39.8 Å². The molecule has 2 amide bonds. The molecule has 1 aliphatic heterocycles. The van der Waals surface area contributed by atoms with E-state index < -0.39 is 10.0 Å². The first-order valence-corrected chi connectivity index (χ1v) is 11.2. The van der Waals surface area contributed by atoms with Crippen LogP contribution < -0.4 is 0 Å². The quantitative estimate of drug-likeness (QED) is 0.660. The third kappa shape index (κ3) is 4.83. The normalized spacial score (nSPS) is 15.2. The first-order chi connectivity index (χ1) is 12.3. The average Bonchev–Trinajstić information content (AvgIpc) is 3.28. The number of thiophene rings is 1. The fourth-order valence-corrected chi connectivity index (χ4v) is 5.92. The number of amides is 2. The molecule has 0 spiro atoms. The van der Waals surface area contributed by atoms with Crippen molar-refractivity contribution in [1.82, 2.24) is 14.1 Å². The van der Waals surface area contributed by atoms with Crippen molar-refractivity contribution < 1.29 is 18.0 Å². The molecule has 0 unspecified atom stereocenters. The van der Waals surface area contributed by atoms with E-state index in [0.717, 1.165) is 24.2 Å². The van der Waals surface area contributed by atoms with Gasteiger partial charge in [0.25, 0.3) is 10.0 Å². The van der Waals surface area contributed by atoms with E-state index in [0.29, 0.717) is 31.1 Å². The van der Waals surface area contributed by atoms with Gasteiger partial charge in [-0.15, -0.1) is 11.3 Å². The molecule has 1 aromatic heterocycles. The van der Waals surface area contributed by atoms with E-state index in [1.807, 2.05) is 13.8 Å². The number of carbonyl (C=O) groups is 2. The van der Waals surface area contributed by atoms with Crippen molar-refractivity contribution in [3.05, 3.63) is 17.0 Å². The van der Waals surface area contributed by atoms with Gasteiger partial charge in [-0.1, -0.05) is 0 Å². The maximum atomic E-state index is 12.5. The molecule has 7 nitrogen and oxygen atoms in total. The topological polar surface area (TPSA) is 78.0 Å². The Balaban J connectivity index is 1.97. The minimum atomic E-state index is -3.44. The number of hydrogen-bond donors (Lipinski definition) is 0. The summed E-state index contributed by atoms with van der Waals surface area (Å²) in [6.45, 7) is 6.18. The highest BCUT2D eigenvalue weighted by atomic mass is 32.2. The van der Waals surface area contributed by atoms with Crippen LogP contribution in [0.15, 0.2) is 16.3 Å². The highest BCUT2D eigenvalue weighted by Crippen LogP contribution is 2.27. The molecule has 26 heavy (non-hydrogen) atoms. The zero-order valence-electron chi connectivity index (χ0n) is 15.6. The van der Waals surface area contributed by atoms with Crippen LogP contribution in [0.5, 0.6) is 0 Å². The van der Waals surface area contributed by atoms with Gasteiger partial charge >= 0.3 is 0 Å². The average molecular weight is 402 g/mol. The smallest absolute Gasteiger partial charge is 0.252 e. The highest BCUT2D eigenvalue weighted by Gasteiger charge is 2.28. The van der Waals surface area contributed by atoms with Crippen LogP contribution in [0.3, 0.4) is 0 Å². The molecule has 0 atom stereocenters. The summed E-state index contributed by atoms with van der Waals surface area (Å²) in [6.07, 6.45) is 1.88. The largest absolute Gasteiger partial charge is 0.342 e. The minimum Gasteiger partial charge on any atom is -0.342 e. The van der Waals surface area contributed by atoms with Gasteiger partial charge in [-0.25, -0.2) is 8.42 Å². The molecule has 0 aromatic carbocycles. The molecule has 0 bridgehead atoms. The minimum absolute atomic E-state index is 0.0326. The van der Waals surface area contributed by atoms with Crippen molar-refractivity contribution in [3.8, 4) is 0 Å². The van der Waals surface area contributed by atoms with Gasteiger partial charge in [0, 0.05) is 38.1 Å². The summed E-state index contributed by atoms with van der Waals surface area (Å²) in [4.78, 5) is 28.2. The summed E-state index contributed by atoms with van der Waals surface area (Å²) in [5.74, 6) is -0.285. The molecule has 1 fully saturated rings. The summed E-state index contributed by atoms with van der Waals surface area (Å²) in [5.41, 5.74) is 0. The van der Waals surface area contributed by atoms with Crippen molar-refractivity contribution in [2.45, 2.75) is 37.3 Å². The second-order valence-corrected chi connectivity index (χ2v) is 9.66. The second-order valence-electron chi connectivity index (χ2n) is 6.32. The molecule has 2 rings (SSSR count). The molecule has 1 aliphatic rings. The Hall–Kier alpha value is -1.45. The molecular formula is C17H27N3O4S2. The van der Waals surface area contributed by atoms with Crippen LogP contribution in [-0.2, 0) is 26.0 Å². The number of likely N-dealkylation sites (N-methyl/N-ethyl adjacent to an activating group) is 2. The molecule has 1 saturated heterocycles. The molecule has 0 aliphatic carbocycles. The van der Waals surface area contributed by atoms with E-state index in [1.54, 1.807) is 24.1 Å². The number of hydrogen-bond acceptors (Lipinski definition) is 5. The van der Waals surface area contributed by atoms with Gasteiger partial charge in [-0.05, 0) is 38.8 Å². The van der Waals surface area contributed by atoms with Crippen LogP contribution >= 0.6 is 11.3 Å². The molecule has 0 saturated carbocycles. The first-order valence-electron chi connectivity index (χ1n) is 8.90. The predicted octanol–water partition coefficient (Wildman–Crippen LogP) is 1.40. The van der Waals surface area contributed by atoms with Crippen LogP contribution in [0.1, 0.15) is 31.6 Å². The third-order valence-electron chi connectivity index (χ3n) is 4.54. The lowest BCUT2D eigenvalue weighted by Crippen LogP contribution is -2.41. The molecule has 146 valence electrons. The standard InChI is InChI=1S/C17H27N3O4S2/c1-4-19(5-2)16(22)13-18(3)15(21)12-14-8-9-17(25-14)26(23,24)20-10-6-7-11-20/h8-9H,4-7,10-13H2,1-3H3. The van der Waals surface area contributed by atoms with E-state index in [4.69, 9.17) is 0 Å². The molecule has 9 heteroatoms. The SMILES string of the molecule is CCN(CC)C(=O)CN(C)C(=O)Cc1ccc(S(=O)(=O)N2CCCC2)s1. The van der Waals surface area contributed by atoms with Gasteiger partial charge in [0.2, 0.25) is 11.8 Å². The predicted molar refractivity (Wildman–Crippen MR) is 102 cm³/mol. The van der Waals surface area contributed by atoms with E-state index in [-0.39, 0.29) is 29.0 Å². The molecule has 0 N–H and O–H groups in total. The lowest BCUT2D eigenvalue weighted by atomic mass is 10.3. The molecule has 1 aromatic rings. The van der Waals surface area contributed by atoms with Crippen molar-refractivity contribution in [1.29, 1.82) is 0 Å². The number of nitrogens with zero attached hydrogens (tertiary/aromatic N) is 3. The van der Waals surface area contributed by atoms with Crippen LogP contribution in [0.2, 0.25) is 0 Å². The van der Waals surface area contributed by atoms with E-state index >= 15 is 0 Å². The maximum absolute atomic E-state index is 12.5. The fraction of sp³-hybridized carbons (Fsp3) is 0.647. The Bertz CT molecular complexity index is 735. The summed E-state index contributed by atoms with van der Waals surface area (Å²) in [5, 5.41) is 0. The lowest BCUT2D eigenvalue weighted by Gasteiger charge is -2.23. The zero-order chi connectivity index (χ0) is 19.3. The second kappa shape index (κ2) is 8.96. The van der Waals surface area contributed by atoms with Crippen LogP contribution in [0, 0.1) is 0 Å². The Morgan fingerprint density at radius 1 is 1.12 bits per heavy atom. The number of sulfonamides is 1. The molecule has 0 radical (unpaired) electrons. The van der Waals surface area contributed by atoms with Gasteiger partial charge in [0.05, 0.1) is 13.0 Å².